The third-order valence-electron chi connectivity index (χ3n) is 3.42. The van der Waals surface area contributed by atoms with Gasteiger partial charge in [-0.3, -0.25) is 14.9 Å². The third-order valence-corrected chi connectivity index (χ3v) is 4.38. The lowest BCUT2D eigenvalue weighted by Gasteiger charge is -2.10. The van der Waals surface area contributed by atoms with E-state index in [1.807, 2.05) is 0 Å². The van der Waals surface area contributed by atoms with Crippen LogP contribution in [0.3, 0.4) is 0 Å². The van der Waals surface area contributed by atoms with Crippen LogP contribution in [-0.4, -0.2) is 34.8 Å². The smallest absolute Gasteiger partial charge is 0.416 e. The number of rotatable bonds is 6. The molecule has 1 aromatic heterocycles. The van der Waals surface area contributed by atoms with Crippen molar-refractivity contribution in [3.8, 4) is 0 Å². The van der Waals surface area contributed by atoms with Gasteiger partial charge in [-0.25, -0.2) is 4.79 Å². The predicted molar refractivity (Wildman–Crippen MR) is 93.4 cm³/mol. The molecule has 0 fully saturated rings. The number of halogens is 3. The number of ether oxygens (including phenoxy) is 1. The standard InChI is InChI=1S/C15H13F3N4O5S/c1-7-12(13(19-2)28-21-7)14(24)27-6-11(23)20-9-4-3-8(15(16,17)18)5-10(9)22(25)26/h3-5,19H,6H2,1-2H3,(H,20,23). The summed E-state index contributed by atoms with van der Waals surface area (Å²) in [6, 6.07) is 1.65. The minimum Gasteiger partial charge on any atom is -0.452 e. The topological polar surface area (TPSA) is 123 Å². The Kier molecular flexibility index (Phi) is 6.18. The number of hydrogen-bond acceptors (Lipinski definition) is 8. The SMILES string of the molecule is CNc1snc(C)c1C(=O)OCC(=O)Nc1ccc(C(F)(F)F)cc1[N+](=O)[O-]. The van der Waals surface area contributed by atoms with Gasteiger partial charge in [0.15, 0.2) is 6.61 Å². The predicted octanol–water partition coefficient (Wildman–Crippen LogP) is 3.22. The van der Waals surface area contributed by atoms with Crippen molar-refractivity contribution in [1.82, 2.24) is 4.37 Å². The average Bonchev–Trinajstić information content (AvgIpc) is 2.99. The molecule has 0 unspecified atom stereocenters. The number of alkyl halides is 3. The summed E-state index contributed by atoms with van der Waals surface area (Å²) in [5.41, 5.74) is -2.10. The number of nitro groups is 1. The number of aryl methyl sites for hydroxylation is 1. The molecule has 2 N–H and O–H groups in total. The lowest BCUT2D eigenvalue weighted by Crippen LogP contribution is -2.22. The second-order valence-electron chi connectivity index (χ2n) is 5.33. The van der Waals surface area contributed by atoms with Crippen LogP contribution >= 0.6 is 11.5 Å². The number of nitro benzene ring substituents is 1. The van der Waals surface area contributed by atoms with E-state index in [1.165, 1.54) is 0 Å². The first-order valence-electron chi connectivity index (χ1n) is 7.51. The summed E-state index contributed by atoms with van der Waals surface area (Å²) in [6.07, 6.45) is -4.78. The maximum atomic E-state index is 12.7. The van der Waals surface area contributed by atoms with Gasteiger partial charge in [0.1, 0.15) is 16.3 Å². The fraction of sp³-hybridized carbons (Fsp3) is 0.267. The first kappa shape index (κ1) is 21.1. The van der Waals surface area contributed by atoms with Crippen LogP contribution in [0.15, 0.2) is 18.2 Å². The Labute approximate surface area is 159 Å². The van der Waals surface area contributed by atoms with Gasteiger partial charge in [-0.15, -0.1) is 0 Å². The van der Waals surface area contributed by atoms with Crippen LogP contribution in [0.1, 0.15) is 21.6 Å². The van der Waals surface area contributed by atoms with Gasteiger partial charge in [0, 0.05) is 13.1 Å². The number of amides is 1. The molecule has 150 valence electrons. The molecule has 1 heterocycles. The molecule has 2 aromatic rings. The highest BCUT2D eigenvalue weighted by Gasteiger charge is 2.33. The Hall–Kier alpha value is -3.22. The van der Waals surface area contributed by atoms with Crippen LogP contribution in [0.25, 0.3) is 0 Å². The fourth-order valence-corrected chi connectivity index (χ4v) is 2.87. The Morgan fingerprint density at radius 1 is 1.36 bits per heavy atom. The van der Waals surface area contributed by atoms with E-state index in [0.29, 0.717) is 22.8 Å². The number of carbonyl (C=O) groups is 2. The maximum Gasteiger partial charge on any atom is 0.416 e. The summed E-state index contributed by atoms with van der Waals surface area (Å²) in [4.78, 5) is 33.9. The maximum absolute atomic E-state index is 12.7. The molecule has 13 heteroatoms. The second kappa shape index (κ2) is 8.21. The van der Waals surface area contributed by atoms with E-state index < -0.39 is 46.5 Å². The fourth-order valence-electron chi connectivity index (χ4n) is 2.14. The van der Waals surface area contributed by atoms with Crippen molar-refractivity contribution in [2.24, 2.45) is 0 Å². The highest BCUT2D eigenvalue weighted by atomic mass is 32.1. The van der Waals surface area contributed by atoms with E-state index in [-0.39, 0.29) is 5.56 Å². The monoisotopic (exact) mass is 418 g/mol. The van der Waals surface area contributed by atoms with Crippen molar-refractivity contribution in [2.45, 2.75) is 13.1 Å². The van der Waals surface area contributed by atoms with Gasteiger partial charge in [-0.05, 0) is 30.6 Å². The highest BCUT2D eigenvalue weighted by molar-refractivity contribution is 7.10. The molecule has 0 spiro atoms. The van der Waals surface area contributed by atoms with Gasteiger partial charge in [0.05, 0.1) is 16.2 Å². The van der Waals surface area contributed by atoms with Crippen LogP contribution in [0, 0.1) is 17.0 Å². The van der Waals surface area contributed by atoms with E-state index in [2.05, 4.69) is 15.0 Å². The number of anilines is 2. The molecule has 0 bridgehead atoms. The number of hydrogen-bond donors (Lipinski definition) is 2. The van der Waals surface area contributed by atoms with Crippen LogP contribution in [0.4, 0.5) is 29.5 Å². The molecule has 0 radical (unpaired) electrons. The zero-order chi connectivity index (χ0) is 21.1. The number of aromatic nitrogens is 1. The molecule has 9 nitrogen and oxygen atoms in total. The molecule has 0 atom stereocenters. The summed E-state index contributed by atoms with van der Waals surface area (Å²) in [5.74, 6) is -1.80. The van der Waals surface area contributed by atoms with Gasteiger partial charge in [0.25, 0.3) is 11.6 Å². The zero-order valence-corrected chi connectivity index (χ0v) is 15.2. The second-order valence-corrected chi connectivity index (χ2v) is 6.11. The molecular weight excluding hydrogens is 405 g/mol. The first-order chi connectivity index (χ1) is 13.0. The number of esters is 1. The molecular formula is C15H13F3N4O5S. The molecule has 28 heavy (non-hydrogen) atoms. The van der Waals surface area contributed by atoms with E-state index in [1.54, 1.807) is 14.0 Å². The number of nitrogens with one attached hydrogen (secondary N) is 2. The number of benzene rings is 1. The van der Waals surface area contributed by atoms with E-state index in [4.69, 9.17) is 4.74 Å². The van der Waals surface area contributed by atoms with Crippen molar-refractivity contribution in [1.29, 1.82) is 0 Å². The lowest BCUT2D eigenvalue weighted by atomic mass is 10.1. The molecule has 0 aliphatic carbocycles. The minimum absolute atomic E-state index is 0.140. The van der Waals surface area contributed by atoms with Gasteiger partial charge in [0.2, 0.25) is 0 Å². The van der Waals surface area contributed by atoms with E-state index >= 15 is 0 Å². The van der Waals surface area contributed by atoms with Crippen molar-refractivity contribution < 1.29 is 32.4 Å². The molecule has 1 amide bonds. The first-order valence-corrected chi connectivity index (χ1v) is 8.28. The normalized spacial score (nSPS) is 11.0. The Balaban J connectivity index is 2.10. The highest BCUT2D eigenvalue weighted by Crippen LogP contribution is 2.35. The summed E-state index contributed by atoms with van der Waals surface area (Å²) in [6.45, 7) is 0.773. The molecule has 0 saturated carbocycles. The summed E-state index contributed by atoms with van der Waals surface area (Å²) in [5, 5.41) is 16.2. The lowest BCUT2D eigenvalue weighted by molar-refractivity contribution is -0.384. The molecule has 2 rings (SSSR count). The summed E-state index contributed by atoms with van der Waals surface area (Å²) >= 11 is 1.02. The van der Waals surface area contributed by atoms with Gasteiger partial charge >= 0.3 is 12.1 Å². The van der Waals surface area contributed by atoms with Crippen molar-refractivity contribution in [2.75, 3.05) is 24.3 Å². The number of nitrogens with zero attached hydrogens (tertiary/aromatic N) is 2. The van der Waals surface area contributed by atoms with Crippen molar-refractivity contribution in [3.63, 3.8) is 0 Å². The van der Waals surface area contributed by atoms with Crippen LogP contribution in [0.5, 0.6) is 0 Å². The number of carbonyl (C=O) groups excluding carboxylic acids is 2. The van der Waals surface area contributed by atoms with Crippen LogP contribution in [-0.2, 0) is 15.7 Å². The van der Waals surface area contributed by atoms with Crippen molar-refractivity contribution in [3.05, 3.63) is 45.1 Å². The largest absolute Gasteiger partial charge is 0.452 e. The quantitative estimate of drug-likeness (QED) is 0.419. The minimum atomic E-state index is -4.78. The van der Waals surface area contributed by atoms with Crippen LogP contribution in [0.2, 0.25) is 0 Å². The Morgan fingerprint density at radius 2 is 2.04 bits per heavy atom. The molecule has 0 aliphatic rings. The average molecular weight is 418 g/mol. The van der Waals surface area contributed by atoms with Gasteiger partial charge in [-0.1, -0.05) is 0 Å². The van der Waals surface area contributed by atoms with E-state index in [9.17, 15) is 32.9 Å². The molecule has 0 aliphatic heterocycles. The zero-order valence-electron chi connectivity index (χ0n) is 14.4. The molecule has 0 saturated heterocycles. The van der Waals surface area contributed by atoms with Crippen LogP contribution < -0.4 is 10.6 Å². The molecule has 1 aromatic carbocycles. The van der Waals surface area contributed by atoms with E-state index in [0.717, 1.165) is 17.6 Å². The third kappa shape index (κ3) is 4.73. The van der Waals surface area contributed by atoms with Gasteiger partial charge < -0.3 is 15.4 Å². The summed E-state index contributed by atoms with van der Waals surface area (Å²) < 4.78 is 46.9. The Morgan fingerprint density at radius 3 is 2.61 bits per heavy atom. The Bertz CT molecular complexity index is 929. The van der Waals surface area contributed by atoms with Gasteiger partial charge in [-0.2, -0.15) is 17.5 Å². The van der Waals surface area contributed by atoms with Crippen molar-refractivity contribution >= 4 is 39.8 Å². The summed E-state index contributed by atoms with van der Waals surface area (Å²) in [7, 11) is 1.57.